The Kier molecular flexibility index (Phi) is 5.57. The molecule has 2 N–H and O–H groups in total. The highest BCUT2D eigenvalue weighted by Gasteiger charge is 2.23. The molecule has 0 atom stereocenters. The van der Waals surface area contributed by atoms with Crippen molar-refractivity contribution >= 4 is 38.9 Å². The molecule has 28 heavy (non-hydrogen) atoms. The smallest absolute Gasteiger partial charge is 0.274 e. The van der Waals surface area contributed by atoms with Gasteiger partial charge >= 0.3 is 0 Å². The Morgan fingerprint density at radius 1 is 1.00 bits per heavy atom. The number of carbonyl (C=O) groups excluding carboxylic acids is 1. The molecule has 1 heterocycles. The second kappa shape index (κ2) is 7.91. The highest BCUT2D eigenvalue weighted by Crippen LogP contribution is 2.28. The van der Waals surface area contributed by atoms with E-state index in [2.05, 4.69) is 15.0 Å². The van der Waals surface area contributed by atoms with Crippen LogP contribution in [0.3, 0.4) is 0 Å². The van der Waals surface area contributed by atoms with Gasteiger partial charge in [0, 0.05) is 12.3 Å². The van der Waals surface area contributed by atoms with Crippen molar-refractivity contribution in [3.63, 3.8) is 0 Å². The van der Waals surface area contributed by atoms with E-state index in [1.54, 1.807) is 12.1 Å². The number of carbonyl (C=O) groups is 1. The van der Waals surface area contributed by atoms with Gasteiger partial charge in [-0.3, -0.25) is 14.5 Å². The van der Waals surface area contributed by atoms with Crippen LogP contribution in [0, 0.1) is 11.6 Å². The number of halogens is 3. The Bertz CT molecular complexity index is 1140. The van der Waals surface area contributed by atoms with Gasteiger partial charge in [-0.2, -0.15) is 0 Å². The molecule has 0 unspecified atom stereocenters. The molecule has 3 aromatic rings. The minimum atomic E-state index is -4.45. The predicted octanol–water partition coefficient (Wildman–Crippen LogP) is 4.07. The molecule has 0 aliphatic carbocycles. The molecule has 2 aromatic carbocycles. The van der Waals surface area contributed by atoms with Gasteiger partial charge in [0.25, 0.3) is 15.9 Å². The molecule has 0 spiro atoms. The zero-order valence-corrected chi connectivity index (χ0v) is 15.6. The summed E-state index contributed by atoms with van der Waals surface area (Å²) in [5, 5.41) is 2.06. The number of aromatic nitrogens is 1. The molecule has 0 saturated carbocycles. The zero-order chi connectivity index (χ0) is 20.3. The van der Waals surface area contributed by atoms with Crippen LogP contribution in [0.5, 0.6) is 0 Å². The summed E-state index contributed by atoms with van der Waals surface area (Å²) >= 11 is 5.62. The van der Waals surface area contributed by atoms with Gasteiger partial charge in [-0.25, -0.2) is 17.2 Å². The SMILES string of the molecule is O=C(Nc1ccc(F)cc1NS(=O)(=O)c1cccc(Cl)c1F)c1ccccn1. The lowest BCUT2D eigenvalue weighted by Crippen LogP contribution is -2.18. The van der Waals surface area contributed by atoms with Gasteiger partial charge in [-0.15, -0.1) is 0 Å². The van der Waals surface area contributed by atoms with Crippen LogP contribution in [-0.2, 0) is 10.0 Å². The second-order valence-electron chi connectivity index (χ2n) is 5.52. The first kappa shape index (κ1) is 19.7. The van der Waals surface area contributed by atoms with Crippen molar-refractivity contribution in [1.82, 2.24) is 4.98 Å². The summed E-state index contributed by atoms with van der Waals surface area (Å²) in [6.07, 6.45) is 1.41. The third kappa shape index (κ3) is 4.26. The van der Waals surface area contributed by atoms with Crippen LogP contribution < -0.4 is 10.0 Å². The third-order valence-electron chi connectivity index (χ3n) is 3.58. The number of nitrogens with zero attached hydrogens (tertiary/aromatic N) is 1. The van der Waals surface area contributed by atoms with Crippen molar-refractivity contribution in [1.29, 1.82) is 0 Å². The number of anilines is 2. The molecular weight excluding hydrogens is 412 g/mol. The summed E-state index contributed by atoms with van der Waals surface area (Å²) in [6, 6.07) is 11.2. The zero-order valence-electron chi connectivity index (χ0n) is 14.0. The average Bonchev–Trinajstić information content (AvgIpc) is 2.66. The van der Waals surface area contributed by atoms with E-state index >= 15 is 0 Å². The number of hydrogen-bond acceptors (Lipinski definition) is 4. The first-order chi connectivity index (χ1) is 13.3. The fourth-order valence-corrected chi connectivity index (χ4v) is 3.69. The van der Waals surface area contributed by atoms with Gasteiger partial charge in [0.1, 0.15) is 16.4 Å². The normalized spacial score (nSPS) is 11.1. The van der Waals surface area contributed by atoms with Gasteiger partial charge in [-0.05, 0) is 36.4 Å². The van der Waals surface area contributed by atoms with Crippen molar-refractivity contribution < 1.29 is 22.0 Å². The lowest BCUT2D eigenvalue weighted by Gasteiger charge is -2.14. The maximum absolute atomic E-state index is 14.1. The maximum atomic E-state index is 14.1. The topological polar surface area (TPSA) is 88.2 Å². The van der Waals surface area contributed by atoms with E-state index in [9.17, 15) is 22.0 Å². The lowest BCUT2D eigenvalue weighted by atomic mass is 10.2. The highest BCUT2D eigenvalue weighted by molar-refractivity contribution is 7.92. The largest absolute Gasteiger partial charge is 0.319 e. The van der Waals surface area contributed by atoms with Crippen LogP contribution in [-0.4, -0.2) is 19.3 Å². The van der Waals surface area contributed by atoms with Crippen molar-refractivity contribution in [2.75, 3.05) is 10.0 Å². The van der Waals surface area contributed by atoms with Crippen molar-refractivity contribution in [2.45, 2.75) is 4.90 Å². The number of hydrogen-bond donors (Lipinski definition) is 2. The Morgan fingerprint density at radius 2 is 1.79 bits per heavy atom. The van der Waals surface area contributed by atoms with Crippen molar-refractivity contribution in [3.8, 4) is 0 Å². The van der Waals surface area contributed by atoms with E-state index in [4.69, 9.17) is 11.6 Å². The summed E-state index contributed by atoms with van der Waals surface area (Å²) < 4.78 is 54.9. The van der Waals surface area contributed by atoms with Gasteiger partial charge in [0.15, 0.2) is 5.82 Å². The molecule has 10 heteroatoms. The monoisotopic (exact) mass is 423 g/mol. The first-order valence-corrected chi connectivity index (χ1v) is 9.63. The highest BCUT2D eigenvalue weighted by atomic mass is 35.5. The van der Waals surface area contributed by atoms with E-state index in [0.717, 1.165) is 18.2 Å². The summed E-state index contributed by atoms with van der Waals surface area (Å²) in [6.45, 7) is 0. The molecule has 1 amide bonds. The average molecular weight is 424 g/mol. The summed E-state index contributed by atoms with van der Waals surface area (Å²) in [5.41, 5.74) is -0.256. The fraction of sp³-hybridized carbons (Fsp3) is 0. The van der Waals surface area contributed by atoms with E-state index in [-0.39, 0.29) is 22.1 Å². The standard InChI is InChI=1S/C18H12ClF2N3O3S/c19-12-4-3-6-16(17(12)21)28(26,27)24-15-10-11(20)7-8-13(15)23-18(25)14-5-1-2-9-22-14/h1-10,24H,(H,23,25). The van der Waals surface area contributed by atoms with Crippen molar-refractivity contribution in [3.05, 3.63) is 83.1 Å². The van der Waals surface area contributed by atoms with Gasteiger partial charge in [0.05, 0.1) is 16.4 Å². The Morgan fingerprint density at radius 3 is 2.50 bits per heavy atom. The number of sulfonamides is 1. The van der Waals surface area contributed by atoms with Gasteiger partial charge in [-0.1, -0.05) is 23.7 Å². The molecule has 3 rings (SSSR count). The summed E-state index contributed by atoms with van der Waals surface area (Å²) in [4.78, 5) is 15.4. The maximum Gasteiger partial charge on any atom is 0.274 e. The van der Waals surface area contributed by atoms with E-state index in [1.807, 2.05) is 0 Å². The van der Waals surface area contributed by atoms with Gasteiger partial charge < -0.3 is 5.32 Å². The van der Waals surface area contributed by atoms with E-state index in [1.165, 1.54) is 30.5 Å². The molecule has 1 aromatic heterocycles. The molecule has 0 saturated heterocycles. The molecule has 0 aliphatic rings. The Balaban J connectivity index is 1.95. The number of rotatable bonds is 5. The van der Waals surface area contributed by atoms with Crippen LogP contribution in [0.1, 0.15) is 10.5 Å². The lowest BCUT2D eigenvalue weighted by molar-refractivity contribution is 0.102. The minimum Gasteiger partial charge on any atom is -0.319 e. The van der Waals surface area contributed by atoms with E-state index < -0.39 is 32.5 Å². The Hall–Kier alpha value is -3.04. The van der Waals surface area contributed by atoms with Crippen LogP contribution >= 0.6 is 11.6 Å². The molecule has 144 valence electrons. The number of benzene rings is 2. The van der Waals surface area contributed by atoms with Crippen molar-refractivity contribution in [2.24, 2.45) is 0 Å². The van der Waals surface area contributed by atoms with E-state index in [0.29, 0.717) is 0 Å². The summed E-state index contributed by atoms with van der Waals surface area (Å²) in [7, 11) is -4.45. The number of nitrogens with one attached hydrogen (secondary N) is 2. The van der Waals surface area contributed by atoms with Crippen LogP contribution in [0.2, 0.25) is 5.02 Å². The molecule has 6 nitrogen and oxygen atoms in total. The molecule has 0 bridgehead atoms. The third-order valence-corrected chi connectivity index (χ3v) is 5.25. The van der Waals surface area contributed by atoms with Crippen LogP contribution in [0.25, 0.3) is 0 Å². The number of pyridine rings is 1. The van der Waals surface area contributed by atoms with Crippen LogP contribution in [0.15, 0.2) is 65.7 Å². The quantitative estimate of drug-likeness (QED) is 0.647. The predicted molar refractivity (Wildman–Crippen MR) is 101 cm³/mol. The van der Waals surface area contributed by atoms with Gasteiger partial charge in [0.2, 0.25) is 0 Å². The minimum absolute atomic E-state index is 0.0388. The fourth-order valence-electron chi connectivity index (χ4n) is 2.28. The molecule has 0 radical (unpaired) electrons. The second-order valence-corrected chi connectivity index (χ2v) is 7.57. The van der Waals surface area contributed by atoms with Crippen LogP contribution in [0.4, 0.5) is 20.2 Å². The Labute approximate surface area is 164 Å². The molecule has 0 aliphatic heterocycles. The summed E-state index contributed by atoms with van der Waals surface area (Å²) in [5.74, 6) is -2.55. The molecular formula is C18H12ClF2N3O3S. The first-order valence-electron chi connectivity index (χ1n) is 7.77. The molecule has 0 fully saturated rings. The number of amides is 1.